The summed E-state index contributed by atoms with van der Waals surface area (Å²) in [7, 11) is 0. The van der Waals surface area contributed by atoms with Crippen molar-refractivity contribution in [2.24, 2.45) is 5.41 Å². The average molecular weight is 330 g/mol. The molecule has 4 rings (SSSR count). The maximum atomic E-state index is 11.5. The van der Waals surface area contributed by atoms with Crippen LogP contribution in [-0.2, 0) is 5.41 Å². The molecule has 1 fully saturated rings. The summed E-state index contributed by atoms with van der Waals surface area (Å²) in [6, 6.07) is 6.87. The number of nitrogens with zero attached hydrogens (tertiary/aromatic N) is 2. The number of carbonyl (C=O) groups is 1. The van der Waals surface area contributed by atoms with Gasteiger partial charge in [0, 0.05) is 24.5 Å². The Labute approximate surface area is 143 Å². The van der Waals surface area contributed by atoms with Gasteiger partial charge in [0.05, 0.1) is 11.7 Å². The van der Waals surface area contributed by atoms with Crippen molar-refractivity contribution in [3.63, 3.8) is 0 Å². The molecule has 1 saturated heterocycles. The van der Waals surface area contributed by atoms with Gasteiger partial charge >= 0.3 is 6.09 Å². The largest absolute Gasteiger partial charge is 0.489 e. The number of para-hydroxylation sites is 1. The van der Waals surface area contributed by atoms with E-state index in [-0.39, 0.29) is 10.8 Å². The molecule has 0 saturated carbocycles. The minimum atomic E-state index is -0.815. The van der Waals surface area contributed by atoms with Gasteiger partial charge in [-0.05, 0) is 23.5 Å². The number of benzene rings is 1. The van der Waals surface area contributed by atoms with Gasteiger partial charge in [-0.15, -0.1) is 0 Å². The third-order valence-electron chi connectivity index (χ3n) is 6.14. The number of rotatable bonds is 0. The lowest BCUT2D eigenvalue weighted by atomic mass is 9.74. The Kier molecular flexibility index (Phi) is 3.12. The van der Waals surface area contributed by atoms with Gasteiger partial charge in [0.2, 0.25) is 0 Å². The maximum Gasteiger partial charge on any atom is 0.407 e. The first kappa shape index (κ1) is 15.6. The number of piperidine rings is 1. The maximum absolute atomic E-state index is 11.5. The van der Waals surface area contributed by atoms with E-state index in [0.717, 1.165) is 12.2 Å². The van der Waals surface area contributed by atoms with Crippen molar-refractivity contribution in [2.75, 3.05) is 24.6 Å². The zero-order valence-corrected chi connectivity index (χ0v) is 14.9. The summed E-state index contributed by atoms with van der Waals surface area (Å²) in [4.78, 5) is 15.7. The summed E-state index contributed by atoms with van der Waals surface area (Å²) in [5, 5.41) is 9.48. The molecule has 0 bridgehead atoms. The van der Waals surface area contributed by atoms with Crippen LogP contribution in [0.3, 0.4) is 0 Å². The summed E-state index contributed by atoms with van der Waals surface area (Å²) in [5.41, 5.74) is 2.35. The molecule has 1 N–H and O–H groups in total. The first-order chi connectivity index (χ1) is 11.2. The third-order valence-corrected chi connectivity index (χ3v) is 6.14. The number of anilines is 1. The van der Waals surface area contributed by atoms with Gasteiger partial charge in [-0.2, -0.15) is 0 Å². The van der Waals surface area contributed by atoms with Gasteiger partial charge in [-0.3, -0.25) is 0 Å². The van der Waals surface area contributed by atoms with E-state index in [9.17, 15) is 9.90 Å². The Morgan fingerprint density at radius 2 is 2.12 bits per heavy atom. The highest BCUT2D eigenvalue weighted by atomic mass is 16.5. The van der Waals surface area contributed by atoms with Crippen molar-refractivity contribution in [2.45, 2.75) is 51.6 Å². The van der Waals surface area contributed by atoms with Crippen molar-refractivity contribution in [3.05, 3.63) is 23.8 Å². The lowest BCUT2D eigenvalue weighted by molar-refractivity contribution is 0.0972. The lowest BCUT2D eigenvalue weighted by Gasteiger charge is -2.50. The third kappa shape index (κ3) is 1.96. The topological polar surface area (TPSA) is 53.0 Å². The quantitative estimate of drug-likeness (QED) is 0.793. The minimum Gasteiger partial charge on any atom is -0.489 e. The first-order valence-corrected chi connectivity index (χ1v) is 8.76. The standard InChI is InChI=1S/C19H26N2O3/c1-18(2,3)15-10-24-13-7-5-6-12-16(13)21(15)14-8-9-20(17(22)23)11-19(12,14)4/h5-7,14-15H,8-11H2,1-4H3,(H,22,23). The Hall–Kier alpha value is -1.91. The highest BCUT2D eigenvalue weighted by Crippen LogP contribution is 2.56. The number of carboxylic acid groups (broad SMARTS) is 1. The predicted octanol–water partition coefficient (Wildman–Crippen LogP) is 3.32. The second-order valence-electron chi connectivity index (χ2n) is 8.68. The van der Waals surface area contributed by atoms with Crippen LogP contribution in [0.25, 0.3) is 0 Å². The van der Waals surface area contributed by atoms with E-state index in [0.29, 0.717) is 31.8 Å². The van der Waals surface area contributed by atoms with Gasteiger partial charge in [-0.1, -0.05) is 39.8 Å². The van der Waals surface area contributed by atoms with Crippen molar-refractivity contribution >= 4 is 11.8 Å². The smallest absolute Gasteiger partial charge is 0.407 e. The molecule has 1 aromatic carbocycles. The number of hydrogen-bond acceptors (Lipinski definition) is 3. The Balaban J connectivity index is 1.85. The molecular weight excluding hydrogens is 304 g/mol. The van der Waals surface area contributed by atoms with Crippen molar-refractivity contribution in [1.29, 1.82) is 0 Å². The predicted molar refractivity (Wildman–Crippen MR) is 93.0 cm³/mol. The first-order valence-electron chi connectivity index (χ1n) is 8.76. The number of ether oxygens (including phenoxy) is 1. The summed E-state index contributed by atoms with van der Waals surface area (Å²) in [6.45, 7) is 10.9. The van der Waals surface area contributed by atoms with Crippen LogP contribution in [0.4, 0.5) is 10.5 Å². The van der Waals surface area contributed by atoms with Crippen LogP contribution in [0.2, 0.25) is 0 Å². The number of amides is 1. The van der Waals surface area contributed by atoms with E-state index >= 15 is 0 Å². The molecular formula is C19H26N2O3. The van der Waals surface area contributed by atoms with Crippen LogP contribution in [-0.4, -0.2) is 47.9 Å². The van der Waals surface area contributed by atoms with Gasteiger partial charge in [0.15, 0.2) is 0 Å². The molecule has 0 radical (unpaired) electrons. The van der Waals surface area contributed by atoms with Crippen LogP contribution in [0.15, 0.2) is 18.2 Å². The summed E-state index contributed by atoms with van der Waals surface area (Å²) >= 11 is 0. The van der Waals surface area contributed by atoms with Gasteiger partial charge < -0.3 is 19.6 Å². The Morgan fingerprint density at radius 1 is 1.38 bits per heavy atom. The van der Waals surface area contributed by atoms with Crippen molar-refractivity contribution in [3.8, 4) is 5.75 Å². The normalized spacial score (nSPS) is 31.3. The average Bonchev–Trinajstić information content (AvgIpc) is 2.77. The van der Waals surface area contributed by atoms with Crippen LogP contribution < -0.4 is 9.64 Å². The highest BCUT2D eigenvalue weighted by molar-refractivity contribution is 5.75. The van der Waals surface area contributed by atoms with Crippen LogP contribution in [0, 0.1) is 5.41 Å². The van der Waals surface area contributed by atoms with Crippen molar-refractivity contribution in [1.82, 2.24) is 4.90 Å². The van der Waals surface area contributed by atoms with Crippen molar-refractivity contribution < 1.29 is 14.6 Å². The van der Waals surface area contributed by atoms with Crippen LogP contribution in [0.1, 0.15) is 39.7 Å². The second kappa shape index (κ2) is 4.80. The molecule has 1 aromatic rings. The van der Waals surface area contributed by atoms with Gasteiger partial charge in [0.1, 0.15) is 12.4 Å². The van der Waals surface area contributed by atoms with Gasteiger partial charge in [0.25, 0.3) is 0 Å². The summed E-state index contributed by atoms with van der Waals surface area (Å²) < 4.78 is 6.11. The fourth-order valence-corrected chi connectivity index (χ4v) is 4.86. The molecule has 3 atom stereocenters. The molecule has 5 nitrogen and oxygen atoms in total. The number of hydrogen-bond donors (Lipinski definition) is 1. The fourth-order valence-electron chi connectivity index (χ4n) is 4.86. The van der Waals surface area contributed by atoms with E-state index in [1.165, 1.54) is 11.3 Å². The molecule has 5 heteroatoms. The molecule has 3 unspecified atom stereocenters. The molecule has 0 aromatic heterocycles. The number of likely N-dealkylation sites (tertiary alicyclic amines) is 1. The molecule has 0 aliphatic carbocycles. The zero-order valence-electron chi connectivity index (χ0n) is 14.9. The van der Waals surface area contributed by atoms with Gasteiger partial charge in [-0.25, -0.2) is 4.79 Å². The Morgan fingerprint density at radius 3 is 2.79 bits per heavy atom. The van der Waals surface area contributed by atoms with Crippen LogP contribution in [0.5, 0.6) is 5.75 Å². The summed E-state index contributed by atoms with van der Waals surface area (Å²) in [5.74, 6) is 0.950. The zero-order chi connectivity index (χ0) is 17.3. The molecule has 24 heavy (non-hydrogen) atoms. The molecule has 0 spiro atoms. The SMILES string of the molecule is CC(C)(C)C1COc2cccc3c2N1C1CCN(C(=O)O)CC31C. The van der Waals surface area contributed by atoms with E-state index in [1.807, 2.05) is 12.1 Å². The van der Waals surface area contributed by atoms with E-state index in [1.54, 1.807) is 4.90 Å². The number of fused-ring (bicyclic) bond motifs is 3. The fraction of sp³-hybridized carbons (Fsp3) is 0.632. The molecule has 130 valence electrons. The summed E-state index contributed by atoms with van der Waals surface area (Å²) in [6.07, 6.45) is 0.0491. The highest BCUT2D eigenvalue weighted by Gasteiger charge is 2.56. The van der Waals surface area contributed by atoms with E-state index in [2.05, 4.69) is 38.7 Å². The van der Waals surface area contributed by atoms with Crippen LogP contribution >= 0.6 is 0 Å². The Bertz CT molecular complexity index is 696. The molecule has 3 aliphatic heterocycles. The van der Waals surface area contributed by atoms with E-state index < -0.39 is 6.09 Å². The monoisotopic (exact) mass is 330 g/mol. The minimum absolute atomic E-state index is 0.0972. The second-order valence-corrected chi connectivity index (χ2v) is 8.68. The lowest BCUT2D eigenvalue weighted by Crippen LogP contribution is -2.61. The molecule has 1 amide bonds. The molecule has 3 aliphatic rings. The van der Waals surface area contributed by atoms with E-state index in [4.69, 9.17) is 4.74 Å². The molecule has 3 heterocycles.